The van der Waals surface area contributed by atoms with Crippen molar-refractivity contribution in [3.63, 3.8) is 0 Å². The summed E-state index contributed by atoms with van der Waals surface area (Å²) in [5.74, 6) is 0.733. The minimum absolute atomic E-state index is 0.453. The lowest BCUT2D eigenvalue weighted by molar-refractivity contribution is 0.0643. The Morgan fingerprint density at radius 1 is 1.12 bits per heavy atom. The van der Waals surface area contributed by atoms with Gasteiger partial charge < -0.3 is 9.47 Å². The van der Waals surface area contributed by atoms with Crippen LogP contribution in [0.1, 0.15) is 58.8 Å². The van der Waals surface area contributed by atoms with Crippen molar-refractivity contribution in [2.75, 3.05) is 19.8 Å². The summed E-state index contributed by atoms with van der Waals surface area (Å²) in [7, 11) is 0. The van der Waals surface area contributed by atoms with Gasteiger partial charge in [-0.25, -0.2) is 0 Å². The first-order valence-electron chi connectivity index (χ1n) is 7.02. The Morgan fingerprint density at radius 2 is 2.00 bits per heavy atom. The molecule has 0 spiro atoms. The number of rotatable bonds is 7. The molecule has 2 nitrogen and oxygen atoms in total. The topological polar surface area (TPSA) is 18.5 Å². The molecule has 0 aromatic heterocycles. The van der Waals surface area contributed by atoms with Crippen molar-refractivity contribution in [2.24, 2.45) is 5.92 Å². The average molecular weight is 228 g/mol. The van der Waals surface area contributed by atoms with Gasteiger partial charge in [-0.3, -0.25) is 0 Å². The predicted octanol–water partition coefficient (Wildman–Crippen LogP) is 3.79. The third-order valence-corrected chi connectivity index (χ3v) is 3.41. The summed E-state index contributed by atoms with van der Waals surface area (Å²) in [6, 6.07) is 0. The lowest BCUT2D eigenvalue weighted by Gasteiger charge is -2.13. The van der Waals surface area contributed by atoms with E-state index in [9.17, 15) is 0 Å². The molecule has 1 saturated heterocycles. The molecule has 16 heavy (non-hydrogen) atoms. The molecule has 0 aliphatic carbocycles. The molecule has 1 rings (SSSR count). The Hall–Kier alpha value is -0.0800. The van der Waals surface area contributed by atoms with Crippen LogP contribution in [0.5, 0.6) is 0 Å². The van der Waals surface area contributed by atoms with Crippen LogP contribution in [0.3, 0.4) is 0 Å². The summed E-state index contributed by atoms with van der Waals surface area (Å²) in [5.41, 5.74) is 0. The molecule has 0 amide bonds. The molecule has 0 saturated carbocycles. The SMILES string of the molecule is CCCCCCOCC1CCOC(C)CC1. The van der Waals surface area contributed by atoms with Crippen molar-refractivity contribution in [3.05, 3.63) is 0 Å². The van der Waals surface area contributed by atoms with Crippen LogP contribution in [0, 0.1) is 5.92 Å². The van der Waals surface area contributed by atoms with Crippen molar-refractivity contribution in [3.8, 4) is 0 Å². The van der Waals surface area contributed by atoms with Crippen LogP contribution in [0.25, 0.3) is 0 Å². The van der Waals surface area contributed by atoms with Gasteiger partial charge in [-0.15, -0.1) is 0 Å². The second kappa shape index (κ2) is 9.00. The Morgan fingerprint density at radius 3 is 2.81 bits per heavy atom. The zero-order valence-electron chi connectivity index (χ0n) is 11.0. The maximum Gasteiger partial charge on any atom is 0.0547 e. The summed E-state index contributed by atoms with van der Waals surface area (Å²) < 4.78 is 11.4. The van der Waals surface area contributed by atoms with Crippen molar-refractivity contribution in [1.29, 1.82) is 0 Å². The number of unbranched alkanes of at least 4 members (excludes halogenated alkanes) is 3. The van der Waals surface area contributed by atoms with E-state index in [-0.39, 0.29) is 0 Å². The maximum absolute atomic E-state index is 5.75. The van der Waals surface area contributed by atoms with Gasteiger partial charge in [0.2, 0.25) is 0 Å². The van der Waals surface area contributed by atoms with E-state index in [0.717, 1.165) is 25.7 Å². The molecule has 0 bridgehead atoms. The Bertz CT molecular complexity index is 159. The third kappa shape index (κ3) is 6.49. The second-order valence-corrected chi connectivity index (χ2v) is 5.05. The van der Waals surface area contributed by atoms with E-state index in [1.165, 1.54) is 44.9 Å². The minimum Gasteiger partial charge on any atom is -0.381 e. The fourth-order valence-corrected chi connectivity index (χ4v) is 2.18. The Balaban J connectivity index is 1.95. The van der Waals surface area contributed by atoms with Crippen LogP contribution in [0.4, 0.5) is 0 Å². The van der Waals surface area contributed by atoms with Crippen LogP contribution in [0.15, 0.2) is 0 Å². The highest BCUT2D eigenvalue weighted by Gasteiger charge is 2.16. The number of ether oxygens (including phenoxy) is 2. The van der Waals surface area contributed by atoms with Crippen molar-refractivity contribution in [1.82, 2.24) is 0 Å². The first-order chi connectivity index (χ1) is 7.83. The van der Waals surface area contributed by atoms with Crippen LogP contribution in [0.2, 0.25) is 0 Å². The molecule has 1 fully saturated rings. The van der Waals surface area contributed by atoms with E-state index >= 15 is 0 Å². The zero-order valence-corrected chi connectivity index (χ0v) is 11.0. The van der Waals surface area contributed by atoms with E-state index in [0.29, 0.717) is 6.10 Å². The molecule has 1 aliphatic rings. The van der Waals surface area contributed by atoms with Crippen LogP contribution in [-0.4, -0.2) is 25.9 Å². The third-order valence-electron chi connectivity index (χ3n) is 3.41. The molecular formula is C14H28O2. The van der Waals surface area contributed by atoms with E-state index < -0.39 is 0 Å². The molecule has 1 heterocycles. The second-order valence-electron chi connectivity index (χ2n) is 5.05. The van der Waals surface area contributed by atoms with Gasteiger partial charge in [-0.2, -0.15) is 0 Å². The molecular weight excluding hydrogens is 200 g/mol. The van der Waals surface area contributed by atoms with E-state index in [2.05, 4.69) is 13.8 Å². The molecule has 96 valence electrons. The molecule has 0 aromatic carbocycles. The van der Waals surface area contributed by atoms with Crippen molar-refractivity contribution in [2.45, 2.75) is 64.9 Å². The van der Waals surface area contributed by atoms with Crippen molar-refractivity contribution >= 4 is 0 Å². The smallest absolute Gasteiger partial charge is 0.0547 e. The molecule has 2 heteroatoms. The van der Waals surface area contributed by atoms with E-state index in [1.807, 2.05) is 0 Å². The summed E-state index contributed by atoms with van der Waals surface area (Å²) >= 11 is 0. The van der Waals surface area contributed by atoms with Gasteiger partial charge in [-0.1, -0.05) is 26.2 Å². The van der Waals surface area contributed by atoms with E-state index in [4.69, 9.17) is 9.47 Å². The molecule has 0 N–H and O–H groups in total. The number of hydrogen-bond donors (Lipinski definition) is 0. The lowest BCUT2D eigenvalue weighted by atomic mass is 10.0. The van der Waals surface area contributed by atoms with Gasteiger partial charge in [0.05, 0.1) is 6.10 Å². The summed E-state index contributed by atoms with van der Waals surface area (Å²) in [4.78, 5) is 0. The molecule has 1 aliphatic heterocycles. The van der Waals surface area contributed by atoms with Gasteiger partial charge in [0, 0.05) is 19.8 Å². The summed E-state index contributed by atoms with van der Waals surface area (Å²) in [6.45, 7) is 7.24. The highest BCUT2D eigenvalue weighted by molar-refractivity contribution is 4.65. The largest absolute Gasteiger partial charge is 0.381 e. The quantitative estimate of drug-likeness (QED) is 0.617. The van der Waals surface area contributed by atoms with Gasteiger partial charge in [0.15, 0.2) is 0 Å². The Kier molecular flexibility index (Phi) is 7.87. The summed E-state index contributed by atoms with van der Waals surface area (Å²) in [5, 5.41) is 0. The fraction of sp³-hybridized carbons (Fsp3) is 1.00. The van der Waals surface area contributed by atoms with Gasteiger partial charge >= 0.3 is 0 Å². The minimum atomic E-state index is 0.453. The van der Waals surface area contributed by atoms with Gasteiger partial charge in [-0.05, 0) is 38.5 Å². The molecule has 2 atom stereocenters. The van der Waals surface area contributed by atoms with E-state index in [1.54, 1.807) is 0 Å². The monoisotopic (exact) mass is 228 g/mol. The van der Waals surface area contributed by atoms with Gasteiger partial charge in [0.1, 0.15) is 0 Å². The maximum atomic E-state index is 5.75. The molecule has 2 unspecified atom stereocenters. The highest BCUT2D eigenvalue weighted by Crippen LogP contribution is 2.19. The summed E-state index contributed by atoms with van der Waals surface area (Å²) in [6.07, 6.45) is 9.30. The highest BCUT2D eigenvalue weighted by atomic mass is 16.5. The Labute approximate surface area is 101 Å². The fourth-order valence-electron chi connectivity index (χ4n) is 2.18. The van der Waals surface area contributed by atoms with Crippen LogP contribution >= 0.6 is 0 Å². The van der Waals surface area contributed by atoms with Gasteiger partial charge in [0.25, 0.3) is 0 Å². The van der Waals surface area contributed by atoms with Crippen molar-refractivity contribution < 1.29 is 9.47 Å². The van der Waals surface area contributed by atoms with Crippen LogP contribution in [-0.2, 0) is 9.47 Å². The normalized spacial score (nSPS) is 26.6. The molecule has 0 aromatic rings. The first kappa shape index (κ1) is 14.0. The standard InChI is InChI=1S/C14H28O2/c1-3-4-5-6-10-15-12-14-8-7-13(2)16-11-9-14/h13-14H,3-12H2,1-2H3. The first-order valence-corrected chi connectivity index (χ1v) is 7.02. The average Bonchev–Trinajstić information content (AvgIpc) is 2.49. The van der Waals surface area contributed by atoms with Crippen LogP contribution < -0.4 is 0 Å². The predicted molar refractivity (Wildman–Crippen MR) is 67.7 cm³/mol. The number of hydrogen-bond acceptors (Lipinski definition) is 2. The molecule has 0 radical (unpaired) electrons. The lowest BCUT2D eigenvalue weighted by Crippen LogP contribution is -2.10. The zero-order chi connectivity index (χ0) is 11.6.